The Balaban J connectivity index is 5.24. The third kappa shape index (κ3) is 31.6. The van der Waals surface area contributed by atoms with Crippen LogP contribution in [0.25, 0.3) is 0 Å². The zero-order chi connectivity index (χ0) is 42.5. The molecule has 0 saturated heterocycles. The van der Waals surface area contributed by atoms with Crippen LogP contribution < -0.4 is 0 Å². The molecule has 0 saturated carbocycles. The Labute approximate surface area is 356 Å². The number of esters is 2. The van der Waals surface area contributed by atoms with Gasteiger partial charge in [-0.25, -0.2) is 0 Å². The summed E-state index contributed by atoms with van der Waals surface area (Å²) < 4.78 is 5.88. The Hall–Kier alpha value is -1.98. The largest absolute Gasteiger partial charge is 0.393 e. The van der Waals surface area contributed by atoms with Gasteiger partial charge in [0.1, 0.15) is 0 Å². The second-order valence-corrected chi connectivity index (χ2v) is 17.9. The number of rotatable bonds is 38. The molecule has 2 unspecified atom stereocenters. The second kappa shape index (κ2) is 38.2. The highest BCUT2D eigenvalue weighted by Gasteiger charge is 2.29. The molecule has 0 aliphatic rings. The molecule has 0 aromatic heterocycles. The maximum Gasteiger partial charge on any atom is 0.316 e. The van der Waals surface area contributed by atoms with Crippen LogP contribution in [-0.2, 0) is 14.3 Å². The Morgan fingerprint density at radius 2 is 0.702 bits per heavy atom. The molecular weight excluding hydrogens is 701 g/mol. The molecule has 0 spiro atoms. The first-order valence-corrected chi connectivity index (χ1v) is 24.3. The smallest absolute Gasteiger partial charge is 0.316 e. The van der Waals surface area contributed by atoms with Crippen LogP contribution in [0.3, 0.4) is 0 Å². The van der Waals surface area contributed by atoms with Crippen molar-refractivity contribution in [2.45, 2.75) is 248 Å². The summed E-state index contributed by atoms with van der Waals surface area (Å²) in [6.07, 6.45) is 44.9. The first-order chi connectivity index (χ1) is 27.5. The summed E-state index contributed by atoms with van der Waals surface area (Å²) in [5, 5.41) is 0. The van der Waals surface area contributed by atoms with Crippen LogP contribution in [0.4, 0.5) is 0 Å². The lowest BCUT2D eigenvalue weighted by Crippen LogP contribution is -2.40. The van der Waals surface area contributed by atoms with Gasteiger partial charge in [-0.05, 0) is 158 Å². The lowest BCUT2D eigenvalue weighted by Gasteiger charge is -2.32. The third-order valence-electron chi connectivity index (χ3n) is 11.5. The molecule has 0 aromatic rings. The first-order valence-electron chi connectivity index (χ1n) is 24.3. The van der Waals surface area contributed by atoms with E-state index in [9.17, 15) is 9.59 Å². The van der Waals surface area contributed by atoms with Gasteiger partial charge in [0.15, 0.2) is 0 Å². The predicted molar refractivity (Wildman–Crippen MR) is 251 cm³/mol. The fraction of sp³-hybridized carbons (Fsp3) is 0.808. The molecule has 5 heteroatoms. The van der Waals surface area contributed by atoms with Crippen molar-refractivity contribution in [2.75, 3.05) is 13.1 Å². The monoisotopic (exact) mass is 797 g/mol. The average Bonchev–Trinajstić information content (AvgIpc) is 3.15. The van der Waals surface area contributed by atoms with Crippen molar-refractivity contribution in [3.05, 3.63) is 48.6 Å². The van der Waals surface area contributed by atoms with E-state index in [0.717, 1.165) is 90.1 Å². The normalized spacial score (nSPS) is 13.8. The lowest BCUT2D eigenvalue weighted by atomic mass is 9.95. The molecule has 0 heterocycles. The van der Waals surface area contributed by atoms with E-state index in [1.807, 2.05) is 0 Å². The van der Waals surface area contributed by atoms with E-state index in [1.165, 1.54) is 77.0 Å². The van der Waals surface area contributed by atoms with Crippen molar-refractivity contribution < 1.29 is 14.3 Å². The summed E-state index contributed by atoms with van der Waals surface area (Å²) in [5.41, 5.74) is 0. The van der Waals surface area contributed by atoms with Crippen LogP contribution in [-0.4, -0.2) is 59.0 Å². The molecule has 0 rings (SSSR count). The summed E-state index contributed by atoms with van der Waals surface area (Å²) in [6, 6.07) is 1.61. The highest BCUT2D eigenvalue weighted by Crippen LogP contribution is 2.23. The third-order valence-corrected chi connectivity index (χ3v) is 11.5. The minimum absolute atomic E-state index is 0.244. The predicted octanol–water partition coefficient (Wildman–Crippen LogP) is 15.2. The van der Waals surface area contributed by atoms with Crippen LogP contribution in [0.15, 0.2) is 48.6 Å². The number of hydrogen-bond donors (Lipinski definition) is 0. The maximum atomic E-state index is 13.8. The number of carbonyl (C=O) groups excluding carboxylic acids is 2. The molecule has 2 atom stereocenters. The van der Waals surface area contributed by atoms with Crippen LogP contribution in [0.2, 0.25) is 0 Å². The van der Waals surface area contributed by atoms with E-state index in [1.54, 1.807) is 0 Å². The molecular formula is C52H96N2O3. The fourth-order valence-corrected chi connectivity index (χ4v) is 7.91. The first kappa shape index (κ1) is 55.0. The molecule has 0 amide bonds. The van der Waals surface area contributed by atoms with E-state index in [0.29, 0.717) is 24.2 Å². The summed E-state index contributed by atoms with van der Waals surface area (Å²) in [5.74, 6) is -1.08. The Bertz CT molecular complexity index is 958. The summed E-state index contributed by atoms with van der Waals surface area (Å²) in [4.78, 5) is 32.6. The van der Waals surface area contributed by atoms with E-state index < -0.39 is 0 Å². The summed E-state index contributed by atoms with van der Waals surface area (Å²) in [7, 11) is 0. The van der Waals surface area contributed by atoms with Gasteiger partial charge in [-0.3, -0.25) is 19.4 Å². The second-order valence-electron chi connectivity index (χ2n) is 17.9. The van der Waals surface area contributed by atoms with Gasteiger partial charge in [-0.15, -0.1) is 0 Å². The van der Waals surface area contributed by atoms with Crippen LogP contribution in [0, 0.1) is 11.8 Å². The molecule has 0 aliphatic carbocycles. The van der Waals surface area contributed by atoms with Gasteiger partial charge in [0.05, 0.1) is 11.8 Å². The van der Waals surface area contributed by atoms with Gasteiger partial charge in [-0.2, -0.15) is 0 Å². The van der Waals surface area contributed by atoms with E-state index in [2.05, 4.69) is 128 Å². The van der Waals surface area contributed by atoms with Crippen LogP contribution >= 0.6 is 0 Å². The lowest BCUT2D eigenvalue weighted by molar-refractivity contribution is -0.166. The van der Waals surface area contributed by atoms with E-state index >= 15 is 0 Å². The fourth-order valence-electron chi connectivity index (χ4n) is 7.91. The summed E-state index contributed by atoms with van der Waals surface area (Å²) in [6.45, 7) is 24.0. The molecule has 0 aromatic carbocycles. The number of unbranched alkanes of at least 4 members (excludes halogenated alkanes) is 14. The number of carbonyl (C=O) groups is 2. The highest BCUT2D eigenvalue weighted by atomic mass is 16.6. The van der Waals surface area contributed by atoms with Gasteiger partial charge < -0.3 is 4.74 Å². The molecule has 0 radical (unpaired) electrons. The van der Waals surface area contributed by atoms with E-state index in [-0.39, 0.29) is 23.8 Å². The maximum absolute atomic E-state index is 13.8. The van der Waals surface area contributed by atoms with Gasteiger partial charge >= 0.3 is 11.9 Å². The Morgan fingerprint density at radius 1 is 0.404 bits per heavy atom. The van der Waals surface area contributed by atoms with Crippen molar-refractivity contribution in [3.63, 3.8) is 0 Å². The molecule has 0 fully saturated rings. The van der Waals surface area contributed by atoms with Crippen molar-refractivity contribution in [3.8, 4) is 0 Å². The molecule has 57 heavy (non-hydrogen) atoms. The zero-order valence-corrected chi connectivity index (χ0v) is 39.6. The molecule has 332 valence electrons. The SMILES string of the molecule is CCCCC/C=C\C/C=C\CCCCCCC(CCN(C(C)C)C(C)C)C(=O)OC(=O)C(CCCCCC/C=C\C/C=C\CCCCC)CCN(C(C)C)C(C)C. The number of hydrogen-bond acceptors (Lipinski definition) is 5. The van der Waals surface area contributed by atoms with E-state index in [4.69, 9.17) is 4.74 Å². The highest BCUT2D eigenvalue weighted by molar-refractivity contribution is 5.87. The van der Waals surface area contributed by atoms with Crippen molar-refractivity contribution in [1.82, 2.24) is 9.80 Å². The minimum Gasteiger partial charge on any atom is -0.393 e. The van der Waals surface area contributed by atoms with Crippen molar-refractivity contribution in [1.29, 1.82) is 0 Å². The molecule has 0 N–H and O–H groups in total. The van der Waals surface area contributed by atoms with Gasteiger partial charge in [0.25, 0.3) is 0 Å². The van der Waals surface area contributed by atoms with Gasteiger partial charge in [0.2, 0.25) is 0 Å². The van der Waals surface area contributed by atoms with Crippen molar-refractivity contribution >= 4 is 11.9 Å². The molecule has 0 aliphatic heterocycles. The van der Waals surface area contributed by atoms with Gasteiger partial charge in [-0.1, -0.05) is 127 Å². The molecule has 5 nitrogen and oxygen atoms in total. The number of allylic oxidation sites excluding steroid dienone is 8. The van der Waals surface area contributed by atoms with Crippen molar-refractivity contribution in [2.24, 2.45) is 11.8 Å². The van der Waals surface area contributed by atoms with Gasteiger partial charge in [0, 0.05) is 24.2 Å². The quantitative estimate of drug-likeness (QED) is 0.0270. The topological polar surface area (TPSA) is 49.9 Å². The average molecular weight is 797 g/mol. The zero-order valence-electron chi connectivity index (χ0n) is 39.6. The number of ether oxygens (including phenoxy) is 1. The molecule has 0 bridgehead atoms. The standard InChI is InChI=1S/C52H96N2O3/c1-11-13-15-17-19-21-23-25-27-29-31-33-35-37-39-49(41-43-53(45(3)4)46(5)6)51(55)57-52(56)50(42-44-54(47(7)8)48(9)10)40-38-36-34-32-30-28-26-24-22-20-18-16-14-12-2/h19-22,25-28,45-50H,11-18,23-24,29-44H2,1-10H3/b21-19-,22-20-,27-25-,28-26-. The summed E-state index contributed by atoms with van der Waals surface area (Å²) >= 11 is 0. The minimum atomic E-state index is -0.296. The van der Waals surface area contributed by atoms with Crippen LogP contribution in [0.5, 0.6) is 0 Å². The Morgan fingerprint density at radius 3 is 1.00 bits per heavy atom. The Kier molecular flexibility index (Phi) is 36.9. The number of nitrogens with zero attached hydrogens (tertiary/aromatic N) is 2. The van der Waals surface area contributed by atoms with Crippen LogP contribution in [0.1, 0.15) is 223 Å².